The topological polar surface area (TPSA) is 65.1 Å². The Labute approximate surface area is 99.8 Å². The second kappa shape index (κ2) is 3.96. The van der Waals surface area contributed by atoms with Crippen LogP contribution in [0.15, 0.2) is 0 Å². The third-order valence-electron chi connectivity index (χ3n) is 2.55. The smallest absolute Gasteiger partial charge is 0.417 e. The van der Waals surface area contributed by atoms with E-state index in [1.165, 1.54) is 0 Å². The number of carbonyl (C=O) groups is 2. The molecule has 0 atom stereocenters. The summed E-state index contributed by atoms with van der Waals surface area (Å²) in [7, 11) is 0. The predicted molar refractivity (Wildman–Crippen MR) is 57.2 cm³/mol. The van der Waals surface area contributed by atoms with Crippen LogP contribution < -0.4 is 0 Å². The maximum atomic E-state index is 11.8. The Bertz CT molecular complexity index is 340. The second-order valence-corrected chi connectivity index (χ2v) is 5.24. The van der Waals surface area contributed by atoms with Gasteiger partial charge in [0.25, 0.3) is 0 Å². The zero-order valence-electron chi connectivity index (χ0n) is 10.3. The van der Waals surface area contributed by atoms with E-state index in [2.05, 4.69) is 0 Å². The maximum Gasteiger partial charge on any atom is 0.417 e. The maximum absolute atomic E-state index is 11.8. The fourth-order valence-corrected chi connectivity index (χ4v) is 1.88. The van der Waals surface area contributed by atoms with Gasteiger partial charge in [-0.25, -0.2) is 9.69 Å². The molecular weight excluding hydrogens is 226 g/mol. The first kappa shape index (κ1) is 12.3. The minimum atomic E-state index is -0.937. The summed E-state index contributed by atoms with van der Waals surface area (Å²) in [5.74, 6) is -1.25. The van der Waals surface area contributed by atoms with Crippen molar-refractivity contribution in [2.75, 3.05) is 19.8 Å². The van der Waals surface area contributed by atoms with Gasteiger partial charge in [-0.15, -0.1) is 0 Å². The molecule has 0 N–H and O–H groups in total. The van der Waals surface area contributed by atoms with Gasteiger partial charge in [0, 0.05) is 0 Å². The zero-order chi connectivity index (χ0) is 12.7. The van der Waals surface area contributed by atoms with Crippen molar-refractivity contribution in [2.24, 2.45) is 0 Å². The quantitative estimate of drug-likeness (QED) is 0.632. The standard InChI is InChI=1S/C11H17NO5/c1-10(2,3)17-9(14)12-7-11(6-8(12)13)15-4-5-16-11/h4-7H2,1-3H3. The normalized spacial score (nSPS) is 23.5. The minimum Gasteiger partial charge on any atom is -0.443 e. The van der Waals surface area contributed by atoms with Gasteiger partial charge >= 0.3 is 6.09 Å². The number of imide groups is 1. The second-order valence-electron chi connectivity index (χ2n) is 5.24. The zero-order valence-corrected chi connectivity index (χ0v) is 10.3. The summed E-state index contributed by atoms with van der Waals surface area (Å²) in [6.45, 7) is 6.28. The van der Waals surface area contributed by atoms with Gasteiger partial charge in [0.1, 0.15) is 5.60 Å². The molecule has 0 bridgehead atoms. The van der Waals surface area contributed by atoms with Crippen molar-refractivity contribution in [1.82, 2.24) is 4.90 Å². The van der Waals surface area contributed by atoms with Crippen LogP contribution in [0.3, 0.4) is 0 Å². The van der Waals surface area contributed by atoms with Gasteiger partial charge in [0.15, 0.2) is 5.79 Å². The van der Waals surface area contributed by atoms with E-state index in [4.69, 9.17) is 14.2 Å². The predicted octanol–water partition coefficient (Wildman–Crippen LogP) is 0.897. The molecule has 0 unspecified atom stereocenters. The fourth-order valence-electron chi connectivity index (χ4n) is 1.88. The summed E-state index contributed by atoms with van der Waals surface area (Å²) in [5, 5.41) is 0. The first-order chi connectivity index (χ1) is 7.81. The first-order valence-electron chi connectivity index (χ1n) is 5.63. The van der Waals surface area contributed by atoms with Crippen LogP contribution >= 0.6 is 0 Å². The molecule has 6 nitrogen and oxygen atoms in total. The van der Waals surface area contributed by atoms with Crippen molar-refractivity contribution in [2.45, 2.75) is 38.6 Å². The van der Waals surface area contributed by atoms with Crippen LogP contribution in [0.2, 0.25) is 0 Å². The largest absolute Gasteiger partial charge is 0.443 e. The highest BCUT2D eigenvalue weighted by Gasteiger charge is 2.50. The summed E-state index contributed by atoms with van der Waals surface area (Å²) in [4.78, 5) is 24.6. The Balaban J connectivity index is 2.03. The highest BCUT2D eigenvalue weighted by atomic mass is 16.7. The number of amides is 2. The van der Waals surface area contributed by atoms with Crippen molar-refractivity contribution >= 4 is 12.0 Å². The van der Waals surface area contributed by atoms with E-state index in [0.717, 1.165) is 4.90 Å². The van der Waals surface area contributed by atoms with Gasteiger partial charge in [-0.2, -0.15) is 0 Å². The number of hydrogen-bond donors (Lipinski definition) is 0. The Kier molecular flexibility index (Phi) is 2.87. The van der Waals surface area contributed by atoms with Gasteiger partial charge in [0.05, 0.1) is 26.2 Å². The van der Waals surface area contributed by atoms with Crippen molar-refractivity contribution in [3.05, 3.63) is 0 Å². The van der Waals surface area contributed by atoms with Crippen LogP contribution in [0.5, 0.6) is 0 Å². The van der Waals surface area contributed by atoms with Crippen molar-refractivity contribution in [3.63, 3.8) is 0 Å². The molecule has 96 valence electrons. The lowest BCUT2D eigenvalue weighted by molar-refractivity contribution is -0.147. The van der Waals surface area contributed by atoms with E-state index in [-0.39, 0.29) is 18.9 Å². The summed E-state index contributed by atoms with van der Waals surface area (Å²) in [6, 6.07) is 0. The summed E-state index contributed by atoms with van der Waals surface area (Å²) in [5.41, 5.74) is -0.621. The minimum absolute atomic E-state index is 0.0756. The Morgan fingerprint density at radius 1 is 1.35 bits per heavy atom. The van der Waals surface area contributed by atoms with Gasteiger partial charge in [-0.3, -0.25) is 4.79 Å². The highest BCUT2D eigenvalue weighted by molar-refractivity contribution is 5.94. The molecular formula is C11H17NO5. The van der Waals surface area contributed by atoms with E-state index >= 15 is 0 Å². The van der Waals surface area contributed by atoms with Crippen molar-refractivity contribution < 1.29 is 23.8 Å². The van der Waals surface area contributed by atoms with E-state index in [1.807, 2.05) is 0 Å². The molecule has 0 aromatic rings. The van der Waals surface area contributed by atoms with Crippen LogP contribution in [0.4, 0.5) is 4.79 Å². The Morgan fingerprint density at radius 2 is 1.94 bits per heavy atom. The van der Waals surface area contributed by atoms with Crippen molar-refractivity contribution in [3.8, 4) is 0 Å². The van der Waals surface area contributed by atoms with Gasteiger partial charge in [0.2, 0.25) is 5.91 Å². The van der Waals surface area contributed by atoms with E-state index in [0.29, 0.717) is 13.2 Å². The molecule has 2 aliphatic heterocycles. The van der Waals surface area contributed by atoms with Crippen LogP contribution in [0.1, 0.15) is 27.2 Å². The lowest BCUT2D eigenvalue weighted by Gasteiger charge is -2.24. The van der Waals surface area contributed by atoms with E-state index < -0.39 is 17.5 Å². The molecule has 6 heteroatoms. The molecule has 0 radical (unpaired) electrons. The van der Waals surface area contributed by atoms with Gasteiger partial charge in [-0.05, 0) is 20.8 Å². The molecule has 2 saturated heterocycles. The molecule has 2 fully saturated rings. The molecule has 2 amide bonds. The highest BCUT2D eigenvalue weighted by Crippen LogP contribution is 2.32. The van der Waals surface area contributed by atoms with Gasteiger partial charge in [-0.1, -0.05) is 0 Å². The molecule has 17 heavy (non-hydrogen) atoms. The third-order valence-corrected chi connectivity index (χ3v) is 2.55. The van der Waals surface area contributed by atoms with E-state index in [9.17, 15) is 9.59 Å². The number of hydrogen-bond acceptors (Lipinski definition) is 5. The molecule has 0 aromatic carbocycles. The first-order valence-corrected chi connectivity index (χ1v) is 5.63. The lowest BCUT2D eigenvalue weighted by Crippen LogP contribution is -2.40. The number of ether oxygens (including phenoxy) is 3. The lowest BCUT2D eigenvalue weighted by atomic mass is 10.2. The Morgan fingerprint density at radius 3 is 2.47 bits per heavy atom. The molecule has 0 aromatic heterocycles. The van der Waals surface area contributed by atoms with Gasteiger partial charge < -0.3 is 14.2 Å². The molecule has 0 aliphatic carbocycles. The third kappa shape index (κ3) is 2.58. The molecule has 2 heterocycles. The molecule has 2 aliphatic rings. The number of likely N-dealkylation sites (tertiary alicyclic amines) is 1. The average molecular weight is 243 g/mol. The number of carbonyl (C=O) groups excluding carboxylic acids is 2. The molecule has 0 saturated carbocycles. The molecule has 2 rings (SSSR count). The summed E-state index contributed by atoms with van der Waals surface area (Å²) < 4.78 is 15.9. The monoisotopic (exact) mass is 243 g/mol. The fraction of sp³-hybridized carbons (Fsp3) is 0.818. The van der Waals surface area contributed by atoms with Crippen LogP contribution in [0, 0.1) is 0 Å². The molecule has 1 spiro atoms. The number of rotatable bonds is 0. The van der Waals surface area contributed by atoms with Crippen LogP contribution in [-0.4, -0.2) is 48.0 Å². The van der Waals surface area contributed by atoms with Crippen LogP contribution in [0.25, 0.3) is 0 Å². The SMILES string of the molecule is CC(C)(C)OC(=O)N1CC2(CC1=O)OCCO2. The van der Waals surface area contributed by atoms with E-state index in [1.54, 1.807) is 20.8 Å². The number of nitrogens with zero attached hydrogens (tertiary/aromatic N) is 1. The summed E-state index contributed by atoms with van der Waals surface area (Å²) >= 11 is 0. The van der Waals surface area contributed by atoms with Crippen LogP contribution in [-0.2, 0) is 19.0 Å². The van der Waals surface area contributed by atoms with Crippen molar-refractivity contribution in [1.29, 1.82) is 0 Å². The summed E-state index contributed by atoms with van der Waals surface area (Å²) in [6.07, 6.45) is -0.565. The Hall–Kier alpha value is -1.14. The average Bonchev–Trinajstić information content (AvgIpc) is 2.72.